The summed E-state index contributed by atoms with van der Waals surface area (Å²) in [5.41, 5.74) is 4.85. The summed E-state index contributed by atoms with van der Waals surface area (Å²) >= 11 is 1.67. The number of aliphatic hydroxyl groups is 1. The van der Waals surface area contributed by atoms with Crippen LogP contribution in [0, 0.1) is 25.7 Å². The molecular weight excluding hydrogens is 392 g/mol. The largest absolute Gasteiger partial charge is 0.496 e. The predicted molar refractivity (Wildman–Crippen MR) is 123 cm³/mol. The van der Waals surface area contributed by atoms with E-state index in [-0.39, 0.29) is 0 Å². The van der Waals surface area contributed by atoms with E-state index in [9.17, 15) is 5.11 Å². The van der Waals surface area contributed by atoms with Crippen molar-refractivity contribution in [2.45, 2.75) is 30.6 Å². The lowest BCUT2D eigenvalue weighted by molar-refractivity contribution is 0.235. The van der Waals surface area contributed by atoms with Gasteiger partial charge in [-0.1, -0.05) is 42.2 Å². The number of methoxy groups -OCH3 is 2. The molecule has 0 fully saturated rings. The highest BCUT2D eigenvalue weighted by molar-refractivity contribution is 7.98. The molecule has 3 rings (SSSR count). The summed E-state index contributed by atoms with van der Waals surface area (Å²) in [6, 6.07) is 20.0. The maximum absolute atomic E-state index is 10.9. The van der Waals surface area contributed by atoms with E-state index in [0.29, 0.717) is 0 Å². The van der Waals surface area contributed by atoms with Crippen molar-refractivity contribution in [1.29, 1.82) is 0 Å². The average molecular weight is 419 g/mol. The Balaban J connectivity index is 1.88. The van der Waals surface area contributed by atoms with E-state index in [4.69, 9.17) is 9.47 Å². The maximum atomic E-state index is 10.9. The van der Waals surface area contributed by atoms with Crippen molar-refractivity contribution in [3.63, 3.8) is 0 Å². The van der Waals surface area contributed by atoms with Gasteiger partial charge in [-0.15, -0.1) is 11.8 Å². The van der Waals surface area contributed by atoms with Crippen LogP contribution in [0.5, 0.6) is 11.5 Å². The van der Waals surface area contributed by atoms with Gasteiger partial charge < -0.3 is 14.6 Å². The fourth-order valence-electron chi connectivity index (χ4n) is 3.17. The third-order valence-electron chi connectivity index (χ3n) is 4.81. The molecule has 0 aromatic heterocycles. The molecular formula is C26H26O3S. The van der Waals surface area contributed by atoms with E-state index in [2.05, 4.69) is 24.0 Å². The molecule has 1 N–H and O–H groups in total. The van der Waals surface area contributed by atoms with E-state index in [1.54, 1.807) is 26.0 Å². The Morgan fingerprint density at radius 2 is 1.60 bits per heavy atom. The van der Waals surface area contributed by atoms with Crippen LogP contribution in [0.1, 0.15) is 33.9 Å². The van der Waals surface area contributed by atoms with Gasteiger partial charge in [-0.05, 0) is 60.9 Å². The van der Waals surface area contributed by atoms with Crippen molar-refractivity contribution in [3.8, 4) is 23.3 Å². The number of ether oxygens (including phenoxy) is 2. The standard InChI is InChI=1S/C26H26O3S/c1-18-14-20(11-13-24(18)28-3)10-12-23(27)22-15-19(2)25(29-4)16-26(22)30-17-21-8-6-5-7-9-21/h5-9,11,13-16,23,27H,17H2,1-4H3. The molecule has 0 saturated carbocycles. The number of benzene rings is 3. The third kappa shape index (κ3) is 5.38. The number of hydrogen-bond donors (Lipinski definition) is 1. The van der Waals surface area contributed by atoms with E-state index in [0.717, 1.165) is 44.4 Å². The van der Waals surface area contributed by atoms with E-state index < -0.39 is 6.10 Å². The molecule has 0 amide bonds. The molecule has 3 aromatic rings. The van der Waals surface area contributed by atoms with Crippen molar-refractivity contribution in [2.24, 2.45) is 0 Å². The van der Waals surface area contributed by atoms with E-state index >= 15 is 0 Å². The summed E-state index contributed by atoms with van der Waals surface area (Å²) in [4.78, 5) is 0.967. The Kier molecular flexibility index (Phi) is 7.46. The van der Waals surface area contributed by atoms with Crippen LogP contribution < -0.4 is 9.47 Å². The molecule has 30 heavy (non-hydrogen) atoms. The minimum atomic E-state index is -0.893. The van der Waals surface area contributed by atoms with Crippen molar-refractivity contribution in [3.05, 3.63) is 88.5 Å². The van der Waals surface area contributed by atoms with Crippen LogP contribution in [0.15, 0.2) is 65.6 Å². The highest BCUT2D eigenvalue weighted by Gasteiger charge is 2.15. The molecule has 0 aliphatic carbocycles. The topological polar surface area (TPSA) is 38.7 Å². The van der Waals surface area contributed by atoms with Crippen LogP contribution >= 0.6 is 11.8 Å². The van der Waals surface area contributed by atoms with Crippen LogP contribution in [0.25, 0.3) is 0 Å². The lowest BCUT2D eigenvalue weighted by Crippen LogP contribution is -2.00. The number of aryl methyl sites for hydroxylation is 2. The molecule has 3 nitrogen and oxygen atoms in total. The van der Waals surface area contributed by atoms with Gasteiger partial charge in [-0.2, -0.15) is 0 Å². The zero-order valence-corrected chi connectivity index (χ0v) is 18.5. The Hall–Kier alpha value is -2.87. The first-order valence-electron chi connectivity index (χ1n) is 9.71. The van der Waals surface area contributed by atoms with Gasteiger partial charge in [0.2, 0.25) is 0 Å². The van der Waals surface area contributed by atoms with Gasteiger partial charge in [0, 0.05) is 21.8 Å². The minimum Gasteiger partial charge on any atom is -0.496 e. The first-order valence-corrected chi connectivity index (χ1v) is 10.7. The number of rotatable bonds is 6. The normalized spacial score (nSPS) is 11.4. The number of aliphatic hydroxyl groups excluding tert-OH is 1. The summed E-state index contributed by atoms with van der Waals surface area (Å²) in [7, 11) is 3.31. The Morgan fingerprint density at radius 1 is 0.900 bits per heavy atom. The Labute approximate surface area is 183 Å². The molecule has 0 radical (unpaired) electrons. The molecule has 0 saturated heterocycles. The van der Waals surface area contributed by atoms with Gasteiger partial charge >= 0.3 is 0 Å². The van der Waals surface area contributed by atoms with E-state index in [1.807, 2.05) is 62.4 Å². The zero-order valence-electron chi connectivity index (χ0n) is 17.7. The number of thioether (sulfide) groups is 1. The second-order valence-electron chi connectivity index (χ2n) is 6.99. The molecule has 0 aliphatic rings. The van der Waals surface area contributed by atoms with Gasteiger partial charge in [0.15, 0.2) is 0 Å². The van der Waals surface area contributed by atoms with Crippen LogP contribution in [0.3, 0.4) is 0 Å². The van der Waals surface area contributed by atoms with Crippen molar-refractivity contribution >= 4 is 11.8 Å². The maximum Gasteiger partial charge on any atom is 0.141 e. The Bertz CT molecular complexity index is 1060. The predicted octanol–water partition coefficient (Wildman–Crippen LogP) is 5.70. The quantitative estimate of drug-likeness (QED) is 0.412. The van der Waals surface area contributed by atoms with Gasteiger partial charge in [0.05, 0.1) is 14.2 Å². The molecule has 154 valence electrons. The molecule has 4 heteroatoms. The van der Waals surface area contributed by atoms with Gasteiger partial charge in [0.25, 0.3) is 0 Å². The van der Waals surface area contributed by atoms with E-state index in [1.165, 1.54) is 5.56 Å². The first-order chi connectivity index (χ1) is 14.5. The zero-order chi connectivity index (χ0) is 21.5. The fraction of sp³-hybridized carbons (Fsp3) is 0.231. The SMILES string of the molecule is COc1ccc(C#CC(O)c2cc(C)c(OC)cc2SCc2ccccc2)cc1C. The second kappa shape index (κ2) is 10.2. The van der Waals surface area contributed by atoms with Crippen LogP contribution in [-0.4, -0.2) is 19.3 Å². The fourth-order valence-corrected chi connectivity index (χ4v) is 4.21. The summed E-state index contributed by atoms with van der Waals surface area (Å²) in [5, 5.41) is 10.9. The monoisotopic (exact) mass is 418 g/mol. The van der Waals surface area contributed by atoms with Crippen molar-refractivity contribution in [2.75, 3.05) is 14.2 Å². The molecule has 1 unspecified atom stereocenters. The third-order valence-corrected chi connectivity index (χ3v) is 5.95. The Morgan fingerprint density at radius 3 is 2.27 bits per heavy atom. The van der Waals surface area contributed by atoms with Crippen LogP contribution in [-0.2, 0) is 5.75 Å². The highest BCUT2D eigenvalue weighted by atomic mass is 32.2. The second-order valence-corrected chi connectivity index (χ2v) is 8.01. The summed E-state index contributed by atoms with van der Waals surface area (Å²) in [6.45, 7) is 3.95. The van der Waals surface area contributed by atoms with Gasteiger partial charge in [-0.3, -0.25) is 0 Å². The van der Waals surface area contributed by atoms with Gasteiger partial charge in [-0.25, -0.2) is 0 Å². The lowest BCUT2D eigenvalue weighted by atomic mass is 10.0. The molecule has 1 atom stereocenters. The molecule has 0 bridgehead atoms. The van der Waals surface area contributed by atoms with Crippen molar-refractivity contribution < 1.29 is 14.6 Å². The van der Waals surface area contributed by atoms with Crippen LogP contribution in [0.4, 0.5) is 0 Å². The average Bonchev–Trinajstić information content (AvgIpc) is 2.77. The minimum absolute atomic E-state index is 0.798. The smallest absolute Gasteiger partial charge is 0.141 e. The summed E-state index contributed by atoms with van der Waals surface area (Å²) < 4.78 is 10.8. The highest BCUT2D eigenvalue weighted by Crippen LogP contribution is 2.35. The number of hydrogen-bond acceptors (Lipinski definition) is 4. The molecule has 0 aliphatic heterocycles. The molecule has 3 aromatic carbocycles. The van der Waals surface area contributed by atoms with Crippen molar-refractivity contribution in [1.82, 2.24) is 0 Å². The lowest BCUT2D eigenvalue weighted by Gasteiger charge is -2.15. The first kappa shape index (κ1) is 21.8. The molecule has 0 spiro atoms. The summed E-state index contributed by atoms with van der Waals surface area (Å²) in [5.74, 6) is 8.52. The van der Waals surface area contributed by atoms with Gasteiger partial charge in [0.1, 0.15) is 17.6 Å². The van der Waals surface area contributed by atoms with Crippen LogP contribution in [0.2, 0.25) is 0 Å². The molecule has 0 heterocycles. The summed E-state index contributed by atoms with van der Waals surface area (Å²) in [6.07, 6.45) is -0.893.